The van der Waals surface area contributed by atoms with Gasteiger partial charge in [-0.3, -0.25) is 19.2 Å². The van der Waals surface area contributed by atoms with Gasteiger partial charge < -0.3 is 34.3 Å². The molecule has 2 bridgehead atoms. The molecule has 2 N–H and O–H groups in total. The second-order valence-corrected chi connectivity index (χ2v) is 11.5. The van der Waals surface area contributed by atoms with Gasteiger partial charge in [-0.25, -0.2) is 4.79 Å². The van der Waals surface area contributed by atoms with Crippen LogP contribution in [0.5, 0.6) is 0 Å². The van der Waals surface area contributed by atoms with Crippen LogP contribution in [-0.4, -0.2) is 115 Å². The average molecular weight is 640 g/mol. The Kier molecular flexibility index (Phi) is 8.60. The number of esters is 2. The first-order valence-corrected chi connectivity index (χ1v) is 14.6. The number of fused-ring (bicyclic) bond motifs is 4. The number of nitrogens with one attached hydrogen (secondary N) is 1. The van der Waals surface area contributed by atoms with Gasteiger partial charge in [0.15, 0.2) is 12.6 Å². The van der Waals surface area contributed by atoms with E-state index in [1.54, 1.807) is 24.3 Å². The molecule has 244 valence electrons. The van der Waals surface area contributed by atoms with Crippen LogP contribution < -0.4 is 5.32 Å². The first-order chi connectivity index (χ1) is 21.5. The van der Waals surface area contributed by atoms with E-state index in [1.165, 1.54) is 16.0 Å². The molecule has 4 heterocycles. The Labute approximate surface area is 255 Å². The van der Waals surface area contributed by atoms with Crippen molar-refractivity contribution in [1.29, 1.82) is 0 Å². The lowest BCUT2D eigenvalue weighted by Crippen LogP contribution is -2.70. The van der Waals surface area contributed by atoms with E-state index in [0.717, 1.165) is 6.08 Å². The molecule has 1 aliphatic carbocycles. The monoisotopic (exact) mass is 639 g/mol. The topological polar surface area (TPSA) is 153 Å². The van der Waals surface area contributed by atoms with Crippen LogP contribution in [0.15, 0.2) is 30.3 Å². The fraction of sp³-hybridized carbons (Fsp3) is 0.586. The van der Waals surface area contributed by atoms with Crippen molar-refractivity contribution < 1.29 is 61.2 Å². The van der Waals surface area contributed by atoms with E-state index >= 15 is 0 Å². The fourth-order valence-corrected chi connectivity index (χ4v) is 7.03. The zero-order chi connectivity index (χ0) is 31.9. The molecule has 7 unspecified atom stereocenters. The van der Waals surface area contributed by atoms with Gasteiger partial charge >= 0.3 is 18.1 Å². The Morgan fingerprint density at radius 1 is 1.18 bits per heavy atom. The van der Waals surface area contributed by atoms with Gasteiger partial charge in [0.2, 0.25) is 11.8 Å². The normalized spacial score (nSPS) is 32.4. The summed E-state index contributed by atoms with van der Waals surface area (Å²) in [6, 6.07) is 4.61. The quantitative estimate of drug-likeness (QED) is 0.286. The maximum atomic E-state index is 14.6. The number of amides is 2. The summed E-state index contributed by atoms with van der Waals surface area (Å²) in [6.07, 6.45) is -4.65. The molecule has 16 heteroatoms. The molecule has 7 atom stereocenters. The van der Waals surface area contributed by atoms with E-state index < -0.39 is 78.5 Å². The predicted octanol–water partition coefficient (Wildman–Crippen LogP) is 0.446. The molecule has 0 radical (unpaired) electrons. The molecule has 6 rings (SSSR count). The molecule has 1 aromatic rings. The number of halogens is 3. The molecule has 5 fully saturated rings. The summed E-state index contributed by atoms with van der Waals surface area (Å²) >= 11 is 0. The van der Waals surface area contributed by atoms with Crippen molar-refractivity contribution in [1.82, 2.24) is 15.3 Å². The van der Waals surface area contributed by atoms with Crippen LogP contribution in [0.2, 0.25) is 0 Å². The Bertz CT molecular complexity index is 1380. The van der Waals surface area contributed by atoms with Gasteiger partial charge in [-0.1, -0.05) is 24.3 Å². The molecule has 0 aromatic heterocycles. The molecule has 1 saturated carbocycles. The molecule has 4 aliphatic heterocycles. The summed E-state index contributed by atoms with van der Waals surface area (Å²) in [4.78, 5) is 61.1. The molecule has 1 aromatic carbocycles. The average Bonchev–Trinajstić information content (AvgIpc) is 3.76. The van der Waals surface area contributed by atoms with E-state index in [2.05, 4.69) is 10.1 Å². The number of aliphatic hydroxyl groups is 1. The Morgan fingerprint density at radius 2 is 1.96 bits per heavy atom. The molecule has 4 saturated heterocycles. The third-order valence-electron chi connectivity index (χ3n) is 8.86. The van der Waals surface area contributed by atoms with Crippen molar-refractivity contribution in [3.8, 4) is 0 Å². The van der Waals surface area contributed by atoms with E-state index in [0.29, 0.717) is 24.0 Å². The van der Waals surface area contributed by atoms with Gasteiger partial charge in [0, 0.05) is 25.6 Å². The van der Waals surface area contributed by atoms with Crippen molar-refractivity contribution in [3.05, 3.63) is 41.5 Å². The molecular formula is C29H32F3N3O10. The number of alkyl halides is 3. The molecule has 45 heavy (non-hydrogen) atoms. The maximum Gasteiger partial charge on any atom is 0.422 e. The summed E-state index contributed by atoms with van der Waals surface area (Å²) in [5.74, 6) is -2.75. The largest absolute Gasteiger partial charge is 0.458 e. The van der Waals surface area contributed by atoms with Crippen LogP contribution in [0.4, 0.5) is 13.2 Å². The van der Waals surface area contributed by atoms with Crippen molar-refractivity contribution >= 4 is 29.8 Å². The molecule has 0 spiro atoms. The van der Waals surface area contributed by atoms with E-state index in [1.807, 2.05) is 0 Å². The highest BCUT2D eigenvalue weighted by atomic mass is 19.4. The fourth-order valence-electron chi connectivity index (χ4n) is 7.03. The molecular weight excluding hydrogens is 607 g/mol. The van der Waals surface area contributed by atoms with Crippen molar-refractivity contribution in [2.45, 2.75) is 68.5 Å². The van der Waals surface area contributed by atoms with Crippen LogP contribution in [0.3, 0.4) is 0 Å². The van der Waals surface area contributed by atoms with E-state index in [4.69, 9.17) is 24.2 Å². The number of nitrogens with zero attached hydrogens (tertiary/aromatic N) is 2. The summed E-state index contributed by atoms with van der Waals surface area (Å²) in [6.45, 7) is -1.85. The van der Waals surface area contributed by atoms with Gasteiger partial charge in [-0.2, -0.15) is 18.2 Å². The van der Waals surface area contributed by atoms with Crippen LogP contribution in [0.25, 0.3) is 6.08 Å². The Morgan fingerprint density at radius 3 is 2.73 bits per heavy atom. The number of hydrogen-bond acceptors (Lipinski definition) is 11. The maximum absolute atomic E-state index is 14.6. The third kappa shape index (κ3) is 5.80. The molecule has 5 aliphatic rings. The lowest BCUT2D eigenvalue weighted by molar-refractivity contribution is -0.204. The molecule has 2 amide bonds. The minimum absolute atomic E-state index is 0.0296. The van der Waals surface area contributed by atoms with Crippen LogP contribution >= 0.6 is 0 Å². The second kappa shape index (κ2) is 12.3. The minimum atomic E-state index is -4.67. The third-order valence-corrected chi connectivity index (χ3v) is 8.86. The van der Waals surface area contributed by atoms with E-state index in [-0.39, 0.29) is 39.5 Å². The number of carbonyl (C=O) groups is 4. The number of ether oxygens (including phenoxy) is 4. The Hall–Kier alpha value is -3.57. The number of likely N-dealkylation sites (tertiary alicyclic amines) is 1. The standard InChI is InChI=1S/C29H32F3N3O10/c30-29(31,32)14-41-20(37)8-7-16-4-1-2-5-17(16)13-35-23-26(39)44-19-12-28(23,24(45-35)22-21(19)42-15-43-22)27(40)34-10-3-6-18(34)25(38)33-9-11-36/h1-2,4-5,7-8,18-19,21-24,36H,3,6,9-15H2,(H,33,38). The second-order valence-electron chi connectivity index (χ2n) is 11.5. The van der Waals surface area contributed by atoms with Crippen molar-refractivity contribution in [3.63, 3.8) is 0 Å². The van der Waals surface area contributed by atoms with Gasteiger partial charge in [0.05, 0.1) is 13.2 Å². The summed E-state index contributed by atoms with van der Waals surface area (Å²) in [5.41, 5.74) is -0.530. The lowest BCUT2D eigenvalue weighted by atomic mass is 9.62. The SMILES string of the molecule is O=C(C=Cc1ccccc1CN1OC2C3OCOC3C3CC2(C(=O)N2CCCC2C(=O)NCCO)C1C(=O)O3)OCC(F)(F)F. The minimum Gasteiger partial charge on any atom is -0.458 e. The first-order valence-electron chi connectivity index (χ1n) is 14.6. The van der Waals surface area contributed by atoms with Gasteiger partial charge in [-0.15, -0.1) is 0 Å². The van der Waals surface area contributed by atoms with E-state index in [9.17, 15) is 32.3 Å². The highest BCUT2D eigenvalue weighted by Crippen LogP contribution is 2.56. The number of carbonyl (C=O) groups excluding carboxylic acids is 4. The number of benzene rings is 1. The smallest absolute Gasteiger partial charge is 0.422 e. The van der Waals surface area contributed by atoms with Crippen LogP contribution in [0, 0.1) is 5.41 Å². The van der Waals surface area contributed by atoms with Gasteiger partial charge in [0.1, 0.15) is 42.7 Å². The zero-order valence-electron chi connectivity index (χ0n) is 23.9. The summed E-state index contributed by atoms with van der Waals surface area (Å²) < 4.78 is 59.0. The lowest BCUT2D eigenvalue weighted by Gasteiger charge is -2.50. The zero-order valence-corrected chi connectivity index (χ0v) is 23.9. The highest BCUT2D eigenvalue weighted by molar-refractivity contribution is 5.96. The number of aliphatic hydroxyl groups excluding tert-OH is 1. The summed E-state index contributed by atoms with van der Waals surface area (Å²) in [7, 11) is 0. The van der Waals surface area contributed by atoms with Gasteiger partial charge in [0.25, 0.3) is 0 Å². The molecule has 13 nitrogen and oxygen atoms in total. The number of hydroxylamine groups is 2. The summed E-state index contributed by atoms with van der Waals surface area (Å²) in [5, 5.41) is 13.1. The number of rotatable bonds is 9. The number of hydrogen-bond donors (Lipinski definition) is 2. The van der Waals surface area contributed by atoms with Crippen LogP contribution in [0.1, 0.15) is 30.4 Å². The van der Waals surface area contributed by atoms with Crippen molar-refractivity contribution in [2.24, 2.45) is 5.41 Å². The first kappa shape index (κ1) is 31.4. The predicted molar refractivity (Wildman–Crippen MR) is 143 cm³/mol. The highest BCUT2D eigenvalue weighted by Gasteiger charge is 2.75. The van der Waals surface area contributed by atoms with Crippen molar-refractivity contribution in [2.75, 3.05) is 33.1 Å². The Balaban J connectivity index is 1.30. The van der Waals surface area contributed by atoms with Crippen LogP contribution in [-0.2, 0) is 49.5 Å². The van der Waals surface area contributed by atoms with Gasteiger partial charge in [-0.05, 0) is 30.0 Å².